The van der Waals surface area contributed by atoms with Crippen LogP contribution in [0.1, 0.15) is 74.5 Å². The monoisotopic (exact) mass is 439 g/mol. The lowest BCUT2D eigenvalue weighted by atomic mass is 9.93. The maximum atomic E-state index is 5.93. The Labute approximate surface area is 197 Å². The normalized spacial score (nSPS) is 16.3. The standard InChI is InChI=1S/C29H33N3O/c1-19(2)24-13-9-14-25(20(3)4)28(24)30-21(5)26-15-10-16-27(32-26)29-31-23(18-33-29)17-22-11-7-6-8-12-22/h6-16,19-20,23H,17-18H2,1-5H3/b30-21+. The number of rotatable bonds is 7. The molecule has 0 saturated carbocycles. The van der Waals surface area contributed by atoms with Crippen LogP contribution < -0.4 is 0 Å². The Morgan fingerprint density at radius 3 is 2.24 bits per heavy atom. The van der Waals surface area contributed by atoms with Crippen molar-refractivity contribution >= 4 is 17.3 Å². The summed E-state index contributed by atoms with van der Waals surface area (Å²) in [6.07, 6.45) is 0.870. The molecule has 0 fully saturated rings. The smallest absolute Gasteiger partial charge is 0.235 e. The Hall–Kier alpha value is -3.27. The molecule has 33 heavy (non-hydrogen) atoms. The Bertz CT molecular complexity index is 1140. The van der Waals surface area contributed by atoms with Gasteiger partial charge in [0.25, 0.3) is 0 Å². The highest BCUT2D eigenvalue weighted by Gasteiger charge is 2.22. The van der Waals surface area contributed by atoms with E-state index in [4.69, 9.17) is 19.7 Å². The Morgan fingerprint density at radius 1 is 0.909 bits per heavy atom. The van der Waals surface area contributed by atoms with Gasteiger partial charge in [-0.15, -0.1) is 0 Å². The fourth-order valence-electron chi connectivity index (χ4n) is 4.17. The summed E-state index contributed by atoms with van der Waals surface area (Å²) < 4.78 is 5.93. The van der Waals surface area contributed by atoms with Gasteiger partial charge in [-0.25, -0.2) is 9.98 Å². The summed E-state index contributed by atoms with van der Waals surface area (Å²) in [5.74, 6) is 1.42. The van der Waals surface area contributed by atoms with E-state index in [-0.39, 0.29) is 6.04 Å². The average Bonchev–Trinajstić information content (AvgIpc) is 3.28. The molecule has 3 aromatic rings. The van der Waals surface area contributed by atoms with E-state index in [0.717, 1.165) is 29.2 Å². The fraction of sp³-hybridized carbons (Fsp3) is 0.345. The van der Waals surface area contributed by atoms with Crippen LogP contribution >= 0.6 is 0 Å². The quantitative estimate of drug-likeness (QED) is 0.378. The molecule has 4 heteroatoms. The largest absolute Gasteiger partial charge is 0.474 e. The third-order valence-electron chi connectivity index (χ3n) is 5.99. The molecule has 1 unspecified atom stereocenters. The maximum absolute atomic E-state index is 5.93. The number of para-hydroxylation sites is 1. The topological polar surface area (TPSA) is 46.8 Å². The van der Waals surface area contributed by atoms with Crippen molar-refractivity contribution in [3.63, 3.8) is 0 Å². The van der Waals surface area contributed by atoms with Crippen molar-refractivity contribution < 1.29 is 4.74 Å². The average molecular weight is 440 g/mol. The number of aromatic nitrogens is 1. The number of aliphatic imine (C=N–C) groups is 2. The summed E-state index contributed by atoms with van der Waals surface area (Å²) in [5, 5.41) is 0. The van der Waals surface area contributed by atoms with Gasteiger partial charge in [-0.05, 0) is 54.0 Å². The molecule has 1 aliphatic heterocycles. The van der Waals surface area contributed by atoms with Crippen LogP contribution in [0.2, 0.25) is 0 Å². The van der Waals surface area contributed by atoms with Crippen LogP contribution in [-0.2, 0) is 11.2 Å². The van der Waals surface area contributed by atoms with Crippen LogP contribution in [0.3, 0.4) is 0 Å². The van der Waals surface area contributed by atoms with Crippen molar-refractivity contribution in [3.8, 4) is 0 Å². The van der Waals surface area contributed by atoms with E-state index in [1.54, 1.807) is 0 Å². The zero-order chi connectivity index (χ0) is 23.4. The number of nitrogens with zero attached hydrogens (tertiary/aromatic N) is 3. The lowest BCUT2D eigenvalue weighted by Crippen LogP contribution is -2.10. The maximum Gasteiger partial charge on any atom is 0.235 e. The molecule has 0 N–H and O–H groups in total. The molecule has 4 rings (SSSR count). The van der Waals surface area contributed by atoms with Crippen molar-refractivity contribution in [1.82, 2.24) is 4.98 Å². The van der Waals surface area contributed by atoms with Crippen LogP contribution in [0.25, 0.3) is 0 Å². The number of hydrogen-bond acceptors (Lipinski definition) is 4. The minimum absolute atomic E-state index is 0.120. The summed E-state index contributed by atoms with van der Waals surface area (Å²) in [7, 11) is 0. The highest BCUT2D eigenvalue weighted by molar-refractivity contribution is 6.00. The molecule has 170 valence electrons. The molecule has 0 radical (unpaired) electrons. The first-order valence-electron chi connectivity index (χ1n) is 11.8. The highest BCUT2D eigenvalue weighted by atomic mass is 16.5. The lowest BCUT2D eigenvalue weighted by molar-refractivity contribution is 0.316. The summed E-state index contributed by atoms with van der Waals surface area (Å²) >= 11 is 0. The van der Waals surface area contributed by atoms with Crippen molar-refractivity contribution in [1.29, 1.82) is 0 Å². The zero-order valence-corrected chi connectivity index (χ0v) is 20.2. The molecule has 2 heterocycles. The minimum atomic E-state index is 0.120. The lowest BCUT2D eigenvalue weighted by Gasteiger charge is -2.17. The molecule has 0 spiro atoms. The second-order valence-corrected chi connectivity index (χ2v) is 9.29. The van der Waals surface area contributed by atoms with Crippen LogP contribution in [0.4, 0.5) is 5.69 Å². The molecule has 4 nitrogen and oxygen atoms in total. The van der Waals surface area contributed by atoms with Crippen molar-refractivity contribution in [2.75, 3.05) is 6.61 Å². The first kappa shape index (κ1) is 22.9. The first-order valence-corrected chi connectivity index (χ1v) is 11.8. The number of ether oxygens (including phenoxy) is 1. The van der Waals surface area contributed by atoms with Gasteiger partial charge in [0.15, 0.2) is 0 Å². The summed E-state index contributed by atoms with van der Waals surface area (Å²) in [6.45, 7) is 11.5. The molecule has 1 aromatic heterocycles. The predicted octanol–water partition coefficient (Wildman–Crippen LogP) is 6.86. The Morgan fingerprint density at radius 2 is 1.58 bits per heavy atom. The van der Waals surface area contributed by atoms with Gasteiger partial charge in [0.2, 0.25) is 5.90 Å². The summed E-state index contributed by atoms with van der Waals surface area (Å²) in [5.41, 5.74) is 7.38. The van der Waals surface area contributed by atoms with E-state index in [1.165, 1.54) is 16.7 Å². The fourth-order valence-corrected chi connectivity index (χ4v) is 4.17. The molecular formula is C29H33N3O. The third kappa shape index (κ3) is 5.39. The Kier molecular flexibility index (Phi) is 7.02. The molecule has 0 bridgehead atoms. The highest BCUT2D eigenvalue weighted by Crippen LogP contribution is 2.35. The van der Waals surface area contributed by atoms with E-state index in [2.05, 4.69) is 70.2 Å². The first-order chi connectivity index (χ1) is 15.9. The third-order valence-corrected chi connectivity index (χ3v) is 5.99. The van der Waals surface area contributed by atoms with Crippen molar-refractivity contribution in [2.45, 2.75) is 58.9 Å². The van der Waals surface area contributed by atoms with Crippen LogP contribution in [0.5, 0.6) is 0 Å². The van der Waals surface area contributed by atoms with Gasteiger partial charge in [0.05, 0.1) is 23.1 Å². The second-order valence-electron chi connectivity index (χ2n) is 9.29. The molecule has 1 aliphatic rings. The summed E-state index contributed by atoms with van der Waals surface area (Å²) in [4.78, 5) is 14.7. The van der Waals surface area contributed by atoms with E-state index in [0.29, 0.717) is 24.3 Å². The van der Waals surface area contributed by atoms with E-state index >= 15 is 0 Å². The molecule has 2 aromatic carbocycles. The number of pyridine rings is 1. The molecule has 0 amide bonds. The van der Waals surface area contributed by atoms with Gasteiger partial charge >= 0.3 is 0 Å². The summed E-state index contributed by atoms with van der Waals surface area (Å²) in [6, 6.07) is 23.0. The number of hydrogen-bond donors (Lipinski definition) is 0. The van der Waals surface area contributed by atoms with Crippen molar-refractivity contribution in [3.05, 3.63) is 94.8 Å². The molecule has 0 saturated heterocycles. The van der Waals surface area contributed by atoms with Gasteiger partial charge < -0.3 is 4.74 Å². The number of benzene rings is 2. The van der Waals surface area contributed by atoms with E-state index < -0.39 is 0 Å². The zero-order valence-electron chi connectivity index (χ0n) is 20.2. The second kappa shape index (κ2) is 10.1. The van der Waals surface area contributed by atoms with Crippen LogP contribution in [0.15, 0.2) is 76.7 Å². The van der Waals surface area contributed by atoms with Gasteiger partial charge in [-0.3, -0.25) is 4.99 Å². The molecule has 1 atom stereocenters. The minimum Gasteiger partial charge on any atom is -0.474 e. The van der Waals surface area contributed by atoms with E-state index in [1.807, 2.05) is 31.2 Å². The Balaban J connectivity index is 1.61. The van der Waals surface area contributed by atoms with Gasteiger partial charge in [0, 0.05) is 0 Å². The van der Waals surface area contributed by atoms with Gasteiger partial charge in [-0.2, -0.15) is 0 Å². The van der Waals surface area contributed by atoms with Crippen LogP contribution in [-0.4, -0.2) is 29.2 Å². The van der Waals surface area contributed by atoms with E-state index in [9.17, 15) is 0 Å². The van der Waals surface area contributed by atoms with Crippen molar-refractivity contribution in [2.24, 2.45) is 9.98 Å². The van der Waals surface area contributed by atoms with Crippen LogP contribution in [0, 0.1) is 0 Å². The molecular weight excluding hydrogens is 406 g/mol. The van der Waals surface area contributed by atoms with Gasteiger partial charge in [0.1, 0.15) is 12.3 Å². The molecule has 0 aliphatic carbocycles. The van der Waals surface area contributed by atoms with Gasteiger partial charge in [-0.1, -0.05) is 82.3 Å². The predicted molar refractivity (Wildman–Crippen MR) is 137 cm³/mol. The SMILES string of the molecule is C/C(=N\c1c(C(C)C)cccc1C(C)C)c1cccc(C2=NC(Cc3ccccc3)CO2)n1.